The Kier molecular flexibility index (Phi) is 1.80. The monoisotopic (exact) mass is 255 g/mol. The molecule has 2 N–H and O–H groups in total. The van der Waals surface area contributed by atoms with Crippen LogP contribution in [0.3, 0.4) is 0 Å². The van der Waals surface area contributed by atoms with E-state index in [-0.39, 0.29) is 5.54 Å². The van der Waals surface area contributed by atoms with Crippen LogP contribution in [0.4, 0.5) is 0 Å². The molecule has 14 heavy (non-hydrogen) atoms. The largest absolute Gasteiger partial charge is 0.329 e. The fraction of sp³-hybridized carbons (Fsp3) is 0.700. The number of hydrogen-bond acceptors (Lipinski definition) is 2. The minimum Gasteiger partial charge on any atom is -0.329 e. The summed E-state index contributed by atoms with van der Waals surface area (Å²) in [4.78, 5) is 4.56. The predicted molar refractivity (Wildman–Crippen MR) is 58.0 cm³/mol. The van der Waals surface area contributed by atoms with E-state index in [0.717, 1.165) is 30.4 Å². The minimum atomic E-state index is -0.0680. The van der Waals surface area contributed by atoms with Crippen molar-refractivity contribution in [3.05, 3.63) is 16.1 Å². The predicted octanol–water partition coefficient (Wildman–Crippen LogP) is 1.93. The van der Waals surface area contributed by atoms with Crippen molar-refractivity contribution >= 4 is 15.9 Å². The average Bonchev–Trinajstić information content (AvgIpc) is 2.79. The maximum Gasteiger partial charge on any atom is 0.129 e. The van der Waals surface area contributed by atoms with Crippen molar-refractivity contribution in [2.45, 2.75) is 44.2 Å². The number of rotatable bonds is 1. The Morgan fingerprint density at radius 2 is 2.14 bits per heavy atom. The molecule has 0 radical (unpaired) electrons. The Labute approximate surface area is 91.8 Å². The van der Waals surface area contributed by atoms with Gasteiger partial charge in [-0.05, 0) is 41.6 Å². The normalized spacial score (nSPS) is 23.3. The first-order chi connectivity index (χ1) is 6.71. The van der Waals surface area contributed by atoms with Crippen molar-refractivity contribution in [1.29, 1.82) is 0 Å². The number of aryl methyl sites for hydroxylation is 1. The van der Waals surface area contributed by atoms with E-state index >= 15 is 0 Å². The molecule has 0 amide bonds. The van der Waals surface area contributed by atoms with Gasteiger partial charge in [0, 0.05) is 13.0 Å². The first kappa shape index (κ1) is 8.92. The van der Waals surface area contributed by atoms with Crippen LogP contribution < -0.4 is 5.73 Å². The van der Waals surface area contributed by atoms with Crippen molar-refractivity contribution in [2.75, 3.05) is 0 Å². The molecule has 0 atom stereocenters. The number of nitrogens with zero attached hydrogens (tertiary/aromatic N) is 2. The summed E-state index contributed by atoms with van der Waals surface area (Å²) in [7, 11) is 0. The smallest absolute Gasteiger partial charge is 0.129 e. The van der Waals surface area contributed by atoms with Crippen molar-refractivity contribution in [2.24, 2.45) is 5.73 Å². The number of aromatic nitrogens is 2. The molecule has 1 aromatic heterocycles. The van der Waals surface area contributed by atoms with Crippen LogP contribution in [0.25, 0.3) is 0 Å². The Morgan fingerprint density at radius 1 is 1.36 bits per heavy atom. The van der Waals surface area contributed by atoms with E-state index in [1.165, 1.54) is 24.4 Å². The summed E-state index contributed by atoms with van der Waals surface area (Å²) in [5.74, 6) is 1.22. The van der Waals surface area contributed by atoms with Gasteiger partial charge in [0.1, 0.15) is 10.4 Å². The van der Waals surface area contributed by atoms with E-state index in [0.29, 0.717) is 0 Å². The van der Waals surface area contributed by atoms with Crippen LogP contribution in [0.5, 0.6) is 0 Å². The summed E-state index contributed by atoms with van der Waals surface area (Å²) in [6, 6.07) is 0. The zero-order valence-electron chi connectivity index (χ0n) is 8.09. The second-order valence-corrected chi connectivity index (χ2v) is 5.18. The van der Waals surface area contributed by atoms with Crippen LogP contribution in [0, 0.1) is 0 Å². The number of fused-ring (bicyclic) bond motifs is 1. The summed E-state index contributed by atoms with van der Waals surface area (Å²) >= 11 is 3.54. The maximum absolute atomic E-state index is 6.25. The SMILES string of the molecule is NC1(c2c(Br)nc3n2CCCC3)CC1. The third-order valence-electron chi connectivity index (χ3n) is 3.30. The Morgan fingerprint density at radius 3 is 2.86 bits per heavy atom. The van der Waals surface area contributed by atoms with Gasteiger partial charge in [-0.25, -0.2) is 4.98 Å². The van der Waals surface area contributed by atoms with Gasteiger partial charge in [0.05, 0.1) is 11.2 Å². The second-order valence-electron chi connectivity index (χ2n) is 4.43. The van der Waals surface area contributed by atoms with Gasteiger partial charge in [0.25, 0.3) is 0 Å². The van der Waals surface area contributed by atoms with Gasteiger partial charge < -0.3 is 10.3 Å². The van der Waals surface area contributed by atoms with Crippen molar-refractivity contribution in [3.63, 3.8) is 0 Å². The van der Waals surface area contributed by atoms with E-state index in [2.05, 4.69) is 25.5 Å². The minimum absolute atomic E-state index is 0.0680. The molecule has 0 spiro atoms. The lowest BCUT2D eigenvalue weighted by molar-refractivity contribution is 0.488. The highest BCUT2D eigenvalue weighted by Crippen LogP contribution is 2.46. The molecule has 4 heteroatoms. The molecule has 0 unspecified atom stereocenters. The number of imidazole rings is 1. The van der Waals surface area contributed by atoms with Crippen LogP contribution in [-0.4, -0.2) is 9.55 Å². The molecule has 1 saturated carbocycles. The summed E-state index contributed by atoms with van der Waals surface area (Å²) in [5, 5.41) is 0. The standard InChI is InChI=1S/C10H14BrN3/c11-9-8(10(12)4-5-10)14-6-2-1-3-7(14)13-9/h1-6,12H2. The molecule has 2 heterocycles. The number of hydrogen-bond donors (Lipinski definition) is 1. The number of halogens is 1. The molecule has 0 aromatic carbocycles. The molecule has 3 rings (SSSR count). The highest BCUT2D eigenvalue weighted by Gasteiger charge is 2.45. The van der Waals surface area contributed by atoms with Gasteiger partial charge in [-0.1, -0.05) is 0 Å². The fourth-order valence-corrected chi connectivity index (χ4v) is 3.11. The van der Waals surface area contributed by atoms with Gasteiger partial charge >= 0.3 is 0 Å². The van der Waals surface area contributed by atoms with E-state index in [4.69, 9.17) is 5.73 Å². The Hall–Kier alpha value is -0.350. The van der Waals surface area contributed by atoms with Crippen LogP contribution in [0.1, 0.15) is 37.2 Å². The van der Waals surface area contributed by atoms with Gasteiger partial charge in [-0.15, -0.1) is 0 Å². The fourth-order valence-electron chi connectivity index (χ4n) is 2.30. The van der Waals surface area contributed by atoms with Crippen LogP contribution in [0.2, 0.25) is 0 Å². The molecule has 1 aliphatic carbocycles. The van der Waals surface area contributed by atoms with Crippen LogP contribution in [-0.2, 0) is 18.5 Å². The molecular weight excluding hydrogens is 242 g/mol. The molecule has 2 aliphatic rings. The molecular formula is C10H14BrN3. The summed E-state index contributed by atoms with van der Waals surface area (Å²) in [5.41, 5.74) is 7.42. The molecule has 76 valence electrons. The van der Waals surface area contributed by atoms with Gasteiger partial charge in [-0.3, -0.25) is 0 Å². The van der Waals surface area contributed by atoms with E-state index < -0.39 is 0 Å². The summed E-state index contributed by atoms with van der Waals surface area (Å²) in [6.45, 7) is 1.10. The topological polar surface area (TPSA) is 43.8 Å². The van der Waals surface area contributed by atoms with Gasteiger partial charge in [0.15, 0.2) is 0 Å². The number of nitrogens with two attached hydrogens (primary N) is 1. The molecule has 3 nitrogen and oxygen atoms in total. The van der Waals surface area contributed by atoms with Crippen molar-refractivity contribution in [3.8, 4) is 0 Å². The third-order valence-corrected chi connectivity index (χ3v) is 3.85. The zero-order chi connectivity index (χ0) is 9.76. The molecule has 0 bridgehead atoms. The second kappa shape index (κ2) is 2.83. The molecule has 0 saturated heterocycles. The van der Waals surface area contributed by atoms with E-state index in [9.17, 15) is 0 Å². The van der Waals surface area contributed by atoms with E-state index in [1.807, 2.05) is 0 Å². The van der Waals surface area contributed by atoms with Crippen LogP contribution >= 0.6 is 15.9 Å². The maximum atomic E-state index is 6.25. The van der Waals surface area contributed by atoms with Gasteiger partial charge in [0.2, 0.25) is 0 Å². The highest BCUT2D eigenvalue weighted by atomic mass is 79.9. The Balaban J connectivity index is 2.13. The molecule has 1 fully saturated rings. The Bertz CT molecular complexity index is 379. The first-order valence-electron chi connectivity index (χ1n) is 5.25. The van der Waals surface area contributed by atoms with Gasteiger partial charge in [-0.2, -0.15) is 0 Å². The molecule has 1 aromatic rings. The van der Waals surface area contributed by atoms with E-state index in [1.54, 1.807) is 0 Å². The summed E-state index contributed by atoms with van der Waals surface area (Å²) < 4.78 is 3.31. The van der Waals surface area contributed by atoms with Crippen molar-refractivity contribution < 1.29 is 0 Å². The summed E-state index contributed by atoms with van der Waals surface area (Å²) in [6.07, 6.45) is 5.85. The lowest BCUT2D eigenvalue weighted by Gasteiger charge is -2.19. The highest BCUT2D eigenvalue weighted by molar-refractivity contribution is 9.10. The quantitative estimate of drug-likeness (QED) is 0.834. The lowest BCUT2D eigenvalue weighted by atomic mass is 10.1. The molecule has 1 aliphatic heterocycles. The zero-order valence-corrected chi connectivity index (χ0v) is 9.68. The lowest BCUT2D eigenvalue weighted by Crippen LogP contribution is -2.25. The first-order valence-corrected chi connectivity index (χ1v) is 6.04. The third kappa shape index (κ3) is 1.17. The van der Waals surface area contributed by atoms with Crippen molar-refractivity contribution in [1.82, 2.24) is 9.55 Å². The van der Waals surface area contributed by atoms with Crippen LogP contribution in [0.15, 0.2) is 4.60 Å². The average molecular weight is 256 g/mol.